The van der Waals surface area contributed by atoms with Crippen molar-refractivity contribution in [2.45, 2.75) is 63.3 Å². The first-order chi connectivity index (χ1) is 14.2. The topological polar surface area (TPSA) is 85.0 Å². The number of aliphatic hydroxyl groups excluding tert-OH is 1. The first kappa shape index (κ1) is 18.4. The summed E-state index contributed by atoms with van der Waals surface area (Å²) in [6.07, 6.45) is 7.45. The number of hydrogen-bond acceptors (Lipinski definition) is 4. The monoisotopic (exact) mass is 393 g/mol. The number of amides is 1. The summed E-state index contributed by atoms with van der Waals surface area (Å²) in [6, 6.07) is 9.86. The molecule has 2 fully saturated rings. The fourth-order valence-corrected chi connectivity index (χ4v) is 4.57. The second-order valence-electron chi connectivity index (χ2n) is 8.44. The van der Waals surface area contributed by atoms with Crippen molar-refractivity contribution in [3.05, 3.63) is 48.5 Å². The highest BCUT2D eigenvalue weighted by molar-refractivity contribution is 5.78. The molecule has 0 radical (unpaired) electrons. The van der Waals surface area contributed by atoms with E-state index in [2.05, 4.69) is 21.0 Å². The maximum Gasteiger partial charge on any atom is 0.222 e. The van der Waals surface area contributed by atoms with Crippen LogP contribution in [0.3, 0.4) is 0 Å². The van der Waals surface area contributed by atoms with E-state index in [0.717, 1.165) is 29.8 Å². The van der Waals surface area contributed by atoms with E-state index in [1.807, 2.05) is 35.1 Å². The van der Waals surface area contributed by atoms with Crippen LogP contribution in [0.15, 0.2) is 42.7 Å². The average Bonchev–Trinajstić information content (AvgIpc) is 3.14. The molecule has 0 spiro atoms. The predicted octanol–water partition coefficient (Wildman–Crippen LogP) is 2.46. The standard InChI is InChI=1S/C22H27N5O2/c28-20-13-15(14-26-10-3-9-23-26)12-18(20)24-21(29)8-11-27-19-5-2-1-4-17(19)25-22(27)16-6-7-16/h1-5,9-10,15-16,18,20,28H,6-8,11-14H2,(H,24,29)/t15?,18-,20-/m1/s1. The minimum Gasteiger partial charge on any atom is -0.391 e. The number of para-hydroxylation sites is 2. The van der Waals surface area contributed by atoms with Crippen LogP contribution in [0.1, 0.15) is 43.8 Å². The van der Waals surface area contributed by atoms with Crippen LogP contribution >= 0.6 is 0 Å². The summed E-state index contributed by atoms with van der Waals surface area (Å²) in [7, 11) is 0. The Morgan fingerprint density at radius 1 is 1.21 bits per heavy atom. The number of carbonyl (C=O) groups excluding carboxylic acids is 1. The summed E-state index contributed by atoms with van der Waals surface area (Å²) in [5, 5.41) is 17.7. The van der Waals surface area contributed by atoms with Crippen molar-refractivity contribution in [1.82, 2.24) is 24.6 Å². The Morgan fingerprint density at radius 3 is 2.86 bits per heavy atom. The number of aliphatic hydroxyl groups is 1. The van der Waals surface area contributed by atoms with Gasteiger partial charge in [-0.3, -0.25) is 9.48 Å². The fraction of sp³-hybridized carbons (Fsp3) is 0.500. The molecular weight excluding hydrogens is 366 g/mol. The Bertz CT molecular complexity index is 992. The SMILES string of the molecule is O=C(CCn1c(C2CC2)nc2ccccc21)N[C@@H]1CC(Cn2cccn2)C[C@H]1O. The van der Waals surface area contributed by atoms with Crippen LogP contribution in [0.25, 0.3) is 11.0 Å². The molecule has 0 saturated heterocycles. The van der Waals surface area contributed by atoms with Crippen LogP contribution < -0.4 is 5.32 Å². The van der Waals surface area contributed by atoms with Crippen LogP contribution in [0.5, 0.6) is 0 Å². The van der Waals surface area contributed by atoms with Gasteiger partial charge in [-0.05, 0) is 49.8 Å². The summed E-state index contributed by atoms with van der Waals surface area (Å²) in [5.41, 5.74) is 2.10. The van der Waals surface area contributed by atoms with Crippen LogP contribution in [0.2, 0.25) is 0 Å². The van der Waals surface area contributed by atoms with Gasteiger partial charge in [0.1, 0.15) is 5.82 Å². The maximum atomic E-state index is 12.6. The Hall–Kier alpha value is -2.67. The zero-order valence-corrected chi connectivity index (χ0v) is 16.4. The van der Waals surface area contributed by atoms with Gasteiger partial charge < -0.3 is 15.0 Å². The zero-order valence-electron chi connectivity index (χ0n) is 16.4. The van der Waals surface area contributed by atoms with Gasteiger partial charge >= 0.3 is 0 Å². The second kappa shape index (κ2) is 7.63. The number of benzene rings is 1. The van der Waals surface area contributed by atoms with E-state index in [0.29, 0.717) is 31.2 Å². The highest BCUT2D eigenvalue weighted by Gasteiger charge is 2.34. The molecule has 2 heterocycles. The maximum absolute atomic E-state index is 12.6. The van der Waals surface area contributed by atoms with E-state index in [1.165, 1.54) is 12.8 Å². The number of rotatable bonds is 7. The molecule has 3 atom stereocenters. The van der Waals surface area contributed by atoms with Crippen molar-refractivity contribution in [2.75, 3.05) is 0 Å². The van der Waals surface area contributed by atoms with Crippen molar-refractivity contribution in [3.8, 4) is 0 Å². The van der Waals surface area contributed by atoms with Gasteiger partial charge in [-0.1, -0.05) is 12.1 Å². The third-order valence-corrected chi connectivity index (χ3v) is 6.17. The van der Waals surface area contributed by atoms with Gasteiger partial charge in [-0.25, -0.2) is 4.98 Å². The summed E-state index contributed by atoms with van der Waals surface area (Å²) < 4.78 is 4.10. The highest BCUT2D eigenvalue weighted by atomic mass is 16.3. The third kappa shape index (κ3) is 3.92. The summed E-state index contributed by atoms with van der Waals surface area (Å²) >= 11 is 0. The number of nitrogens with one attached hydrogen (secondary N) is 1. The normalized spacial score (nSPS) is 24.2. The van der Waals surface area contributed by atoms with Gasteiger partial charge in [0, 0.05) is 37.8 Å². The number of hydrogen-bond donors (Lipinski definition) is 2. The van der Waals surface area contributed by atoms with Crippen molar-refractivity contribution in [3.63, 3.8) is 0 Å². The van der Waals surface area contributed by atoms with E-state index in [9.17, 15) is 9.90 Å². The molecule has 1 amide bonds. The molecule has 5 rings (SSSR count). The molecule has 2 aliphatic carbocycles. The van der Waals surface area contributed by atoms with Gasteiger partial charge in [0.25, 0.3) is 0 Å². The second-order valence-corrected chi connectivity index (χ2v) is 8.44. The Morgan fingerprint density at radius 2 is 2.07 bits per heavy atom. The number of aromatic nitrogens is 4. The van der Waals surface area contributed by atoms with Gasteiger partial charge in [0.2, 0.25) is 5.91 Å². The summed E-state index contributed by atoms with van der Waals surface area (Å²) in [5.74, 6) is 1.96. The van der Waals surface area contributed by atoms with Crippen LogP contribution in [0.4, 0.5) is 0 Å². The smallest absolute Gasteiger partial charge is 0.222 e. The van der Waals surface area contributed by atoms with Gasteiger partial charge in [-0.15, -0.1) is 0 Å². The number of imidazole rings is 1. The van der Waals surface area contributed by atoms with E-state index in [-0.39, 0.29) is 11.9 Å². The lowest BCUT2D eigenvalue weighted by molar-refractivity contribution is -0.122. The fourth-order valence-electron chi connectivity index (χ4n) is 4.57. The number of aryl methyl sites for hydroxylation is 1. The van der Waals surface area contributed by atoms with Crippen molar-refractivity contribution in [2.24, 2.45) is 5.92 Å². The Balaban J connectivity index is 1.20. The molecule has 3 aromatic rings. The van der Waals surface area contributed by atoms with Crippen molar-refractivity contribution in [1.29, 1.82) is 0 Å². The number of fused-ring (bicyclic) bond motifs is 1. The molecule has 2 aliphatic rings. The number of carbonyl (C=O) groups is 1. The van der Waals surface area contributed by atoms with Crippen LogP contribution in [-0.4, -0.2) is 42.5 Å². The first-order valence-electron chi connectivity index (χ1n) is 10.6. The molecule has 0 bridgehead atoms. The van der Waals surface area contributed by atoms with Gasteiger partial charge in [0.05, 0.1) is 23.2 Å². The van der Waals surface area contributed by atoms with Crippen LogP contribution in [0, 0.1) is 5.92 Å². The molecule has 29 heavy (non-hydrogen) atoms. The molecule has 1 aromatic carbocycles. The number of nitrogens with zero attached hydrogens (tertiary/aromatic N) is 4. The van der Waals surface area contributed by atoms with Gasteiger partial charge in [0.15, 0.2) is 0 Å². The Kier molecular flexibility index (Phi) is 4.83. The van der Waals surface area contributed by atoms with E-state index < -0.39 is 6.10 Å². The molecule has 1 unspecified atom stereocenters. The lowest BCUT2D eigenvalue weighted by Crippen LogP contribution is -2.40. The van der Waals surface area contributed by atoms with Crippen molar-refractivity contribution < 1.29 is 9.90 Å². The third-order valence-electron chi connectivity index (χ3n) is 6.17. The van der Waals surface area contributed by atoms with E-state index in [4.69, 9.17) is 4.98 Å². The molecule has 2 saturated carbocycles. The van der Waals surface area contributed by atoms with Crippen molar-refractivity contribution >= 4 is 16.9 Å². The Labute approximate surface area is 169 Å². The van der Waals surface area contributed by atoms with Gasteiger partial charge in [-0.2, -0.15) is 5.10 Å². The molecule has 7 nitrogen and oxygen atoms in total. The molecular formula is C22H27N5O2. The molecule has 2 N–H and O–H groups in total. The summed E-state index contributed by atoms with van der Waals surface area (Å²) in [6.45, 7) is 1.40. The molecule has 7 heteroatoms. The predicted molar refractivity (Wildman–Crippen MR) is 109 cm³/mol. The quantitative estimate of drug-likeness (QED) is 0.646. The lowest BCUT2D eigenvalue weighted by Gasteiger charge is -2.17. The minimum atomic E-state index is -0.490. The summed E-state index contributed by atoms with van der Waals surface area (Å²) in [4.78, 5) is 17.4. The van der Waals surface area contributed by atoms with E-state index in [1.54, 1.807) is 6.20 Å². The average molecular weight is 393 g/mol. The first-order valence-corrected chi connectivity index (χ1v) is 10.6. The zero-order chi connectivity index (χ0) is 19.8. The van der Waals surface area contributed by atoms with Crippen LogP contribution in [-0.2, 0) is 17.9 Å². The largest absolute Gasteiger partial charge is 0.391 e. The molecule has 152 valence electrons. The molecule has 2 aromatic heterocycles. The molecule has 0 aliphatic heterocycles. The highest BCUT2D eigenvalue weighted by Crippen LogP contribution is 2.40. The lowest BCUT2D eigenvalue weighted by atomic mass is 10.1. The minimum absolute atomic E-state index is 0.00619. The van der Waals surface area contributed by atoms with E-state index >= 15 is 0 Å².